The van der Waals surface area contributed by atoms with Crippen LogP contribution in [0.1, 0.15) is 17.5 Å². The second kappa shape index (κ2) is 2.67. The Morgan fingerprint density at radius 3 is 2.43 bits per heavy atom. The van der Waals surface area contributed by atoms with Gasteiger partial charge >= 0.3 is 0 Å². The van der Waals surface area contributed by atoms with Crippen LogP contribution >= 0.6 is 11.6 Å². The Kier molecular flexibility index (Phi) is 1.88. The molecule has 0 saturated heterocycles. The molecule has 1 nitrogen and oxygen atoms in total. The van der Waals surface area contributed by atoms with Crippen molar-refractivity contribution in [3.63, 3.8) is 0 Å². The van der Waals surface area contributed by atoms with Crippen LogP contribution in [0, 0.1) is 6.92 Å². The van der Waals surface area contributed by atoms with Gasteiger partial charge in [0.25, 0.3) is 5.92 Å². The number of nitrogens with two attached hydrogens (primary N) is 1. The molecule has 14 heavy (non-hydrogen) atoms. The van der Waals surface area contributed by atoms with E-state index in [0.717, 1.165) is 5.56 Å². The lowest BCUT2D eigenvalue weighted by Gasteiger charge is -2.15. The number of aryl methyl sites for hydroxylation is 1. The van der Waals surface area contributed by atoms with Crippen molar-refractivity contribution < 1.29 is 8.78 Å². The summed E-state index contributed by atoms with van der Waals surface area (Å²) in [5.74, 6) is -2.82. The molecule has 76 valence electrons. The molecule has 0 bridgehead atoms. The number of alkyl halides is 2. The highest BCUT2D eigenvalue weighted by Crippen LogP contribution is 2.59. The maximum Gasteiger partial charge on any atom is 0.272 e. The molecule has 0 amide bonds. The third kappa shape index (κ3) is 1.16. The highest BCUT2D eigenvalue weighted by molar-refractivity contribution is 6.31. The summed E-state index contributed by atoms with van der Waals surface area (Å²) in [6.07, 6.45) is -0.315. The first-order chi connectivity index (χ1) is 6.38. The lowest BCUT2D eigenvalue weighted by atomic mass is 9.99. The van der Waals surface area contributed by atoms with Crippen LogP contribution in [0.25, 0.3) is 0 Å². The molecule has 1 aromatic carbocycles. The smallest absolute Gasteiger partial charge is 0.272 e. The van der Waals surface area contributed by atoms with Crippen LogP contribution in [0.3, 0.4) is 0 Å². The van der Waals surface area contributed by atoms with E-state index in [4.69, 9.17) is 17.3 Å². The van der Waals surface area contributed by atoms with Gasteiger partial charge in [0.2, 0.25) is 0 Å². The third-order valence-electron chi connectivity index (χ3n) is 2.70. The fourth-order valence-corrected chi connectivity index (χ4v) is 2.16. The van der Waals surface area contributed by atoms with Crippen molar-refractivity contribution in [1.82, 2.24) is 0 Å². The van der Waals surface area contributed by atoms with Gasteiger partial charge in [-0.25, -0.2) is 8.78 Å². The van der Waals surface area contributed by atoms with Crippen molar-refractivity contribution in [1.29, 1.82) is 0 Å². The van der Waals surface area contributed by atoms with E-state index in [-0.39, 0.29) is 6.42 Å². The molecule has 1 aliphatic rings. The predicted octanol–water partition coefficient (Wildman–Crippen LogP) is 2.84. The van der Waals surface area contributed by atoms with Crippen molar-refractivity contribution >= 4 is 11.6 Å². The Morgan fingerprint density at radius 1 is 1.43 bits per heavy atom. The Labute approximate surface area is 85.9 Å². The van der Waals surface area contributed by atoms with E-state index >= 15 is 0 Å². The Hall–Kier alpha value is -0.670. The highest BCUT2D eigenvalue weighted by atomic mass is 35.5. The maximum absolute atomic E-state index is 13.0. The predicted molar refractivity (Wildman–Crippen MR) is 51.6 cm³/mol. The molecule has 1 unspecified atom stereocenters. The van der Waals surface area contributed by atoms with Crippen molar-refractivity contribution in [3.8, 4) is 0 Å². The topological polar surface area (TPSA) is 26.0 Å². The average molecular weight is 218 g/mol. The monoisotopic (exact) mass is 217 g/mol. The molecule has 1 aliphatic carbocycles. The average Bonchev–Trinajstić information content (AvgIpc) is 2.50. The van der Waals surface area contributed by atoms with Crippen LogP contribution in [0.2, 0.25) is 5.02 Å². The normalized spacial score (nSPS) is 28.9. The summed E-state index contributed by atoms with van der Waals surface area (Å²) in [5.41, 5.74) is 5.17. The third-order valence-corrected chi connectivity index (χ3v) is 3.01. The van der Waals surface area contributed by atoms with Gasteiger partial charge in [0.1, 0.15) is 5.54 Å². The quantitative estimate of drug-likeness (QED) is 0.769. The van der Waals surface area contributed by atoms with Gasteiger partial charge in [0.15, 0.2) is 0 Å². The van der Waals surface area contributed by atoms with E-state index < -0.39 is 11.5 Å². The van der Waals surface area contributed by atoms with Crippen molar-refractivity contribution in [2.75, 3.05) is 0 Å². The fraction of sp³-hybridized carbons (Fsp3) is 0.400. The van der Waals surface area contributed by atoms with Crippen LogP contribution in [0.4, 0.5) is 8.78 Å². The molecule has 0 aromatic heterocycles. The summed E-state index contributed by atoms with van der Waals surface area (Å²) in [5, 5.41) is 0.324. The first kappa shape index (κ1) is 9.87. The summed E-state index contributed by atoms with van der Waals surface area (Å²) < 4.78 is 26.1. The molecule has 1 atom stereocenters. The van der Waals surface area contributed by atoms with Crippen molar-refractivity contribution in [2.24, 2.45) is 5.73 Å². The summed E-state index contributed by atoms with van der Waals surface area (Å²) in [6, 6.07) is 5.06. The molecule has 0 radical (unpaired) electrons. The first-order valence-electron chi connectivity index (χ1n) is 4.31. The Balaban J connectivity index is 2.54. The zero-order chi connectivity index (χ0) is 10.6. The molecular weight excluding hydrogens is 208 g/mol. The van der Waals surface area contributed by atoms with E-state index in [2.05, 4.69) is 0 Å². The molecule has 0 aliphatic heterocycles. The van der Waals surface area contributed by atoms with Gasteiger partial charge in [-0.05, 0) is 24.1 Å². The minimum atomic E-state index is -2.82. The summed E-state index contributed by atoms with van der Waals surface area (Å²) in [4.78, 5) is 0. The maximum atomic E-state index is 13.0. The van der Waals surface area contributed by atoms with E-state index in [1.807, 2.05) is 0 Å². The standard InChI is InChI=1S/C10H10ClF2N/c1-6-3-2-4-7(11)8(6)9(14)5-10(9,12)13/h2-4H,5,14H2,1H3. The molecule has 0 spiro atoms. The minimum Gasteiger partial charge on any atom is -0.316 e. The number of benzene rings is 1. The lowest BCUT2D eigenvalue weighted by molar-refractivity contribution is 0.0890. The molecular formula is C10H10ClF2N. The van der Waals surface area contributed by atoms with E-state index in [9.17, 15) is 8.78 Å². The molecule has 4 heteroatoms. The van der Waals surface area contributed by atoms with Gasteiger partial charge in [-0.2, -0.15) is 0 Å². The van der Waals surface area contributed by atoms with E-state index in [1.165, 1.54) is 0 Å². The van der Waals surface area contributed by atoms with Gasteiger partial charge in [-0.15, -0.1) is 0 Å². The van der Waals surface area contributed by atoms with Gasteiger partial charge in [0, 0.05) is 11.4 Å². The molecule has 2 rings (SSSR count). The molecule has 1 aromatic rings. The number of hydrogen-bond acceptors (Lipinski definition) is 1. The second-order valence-electron chi connectivity index (χ2n) is 3.78. The minimum absolute atomic E-state index is 0.315. The van der Waals surface area contributed by atoms with Crippen LogP contribution in [0.5, 0.6) is 0 Å². The largest absolute Gasteiger partial charge is 0.316 e. The van der Waals surface area contributed by atoms with Crippen molar-refractivity contribution in [3.05, 3.63) is 34.3 Å². The lowest BCUT2D eigenvalue weighted by Crippen LogP contribution is -2.28. The fourth-order valence-electron chi connectivity index (χ4n) is 1.77. The zero-order valence-corrected chi connectivity index (χ0v) is 8.41. The van der Waals surface area contributed by atoms with E-state index in [1.54, 1.807) is 25.1 Å². The van der Waals surface area contributed by atoms with Gasteiger partial charge in [-0.3, -0.25) is 0 Å². The van der Waals surface area contributed by atoms with Crippen LogP contribution in [-0.4, -0.2) is 5.92 Å². The van der Waals surface area contributed by atoms with Crippen LogP contribution in [0.15, 0.2) is 18.2 Å². The number of halogens is 3. The SMILES string of the molecule is Cc1cccc(Cl)c1C1(N)CC1(F)F. The van der Waals surface area contributed by atoms with Crippen LogP contribution < -0.4 is 5.73 Å². The summed E-state index contributed by atoms with van der Waals surface area (Å²) >= 11 is 5.87. The van der Waals surface area contributed by atoms with Gasteiger partial charge in [-0.1, -0.05) is 23.7 Å². The molecule has 1 fully saturated rings. The second-order valence-corrected chi connectivity index (χ2v) is 4.19. The zero-order valence-electron chi connectivity index (χ0n) is 7.65. The van der Waals surface area contributed by atoms with E-state index in [0.29, 0.717) is 10.6 Å². The van der Waals surface area contributed by atoms with Gasteiger partial charge < -0.3 is 5.73 Å². The molecule has 1 saturated carbocycles. The number of hydrogen-bond donors (Lipinski definition) is 1. The molecule has 2 N–H and O–H groups in total. The van der Waals surface area contributed by atoms with Crippen molar-refractivity contribution in [2.45, 2.75) is 24.8 Å². The Bertz CT molecular complexity index is 371. The Morgan fingerprint density at radius 2 is 2.00 bits per heavy atom. The molecule has 0 heterocycles. The van der Waals surface area contributed by atoms with Gasteiger partial charge in [0.05, 0.1) is 0 Å². The number of rotatable bonds is 1. The first-order valence-corrected chi connectivity index (χ1v) is 4.68. The highest BCUT2D eigenvalue weighted by Gasteiger charge is 2.70. The summed E-state index contributed by atoms with van der Waals surface area (Å²) in [6.45, 7) is 1.74. The summed E-state index contributed by atoms with van der Waals surface area (Å²) in [7, 11) is 0. The van der Waals surface area contributed by atoms with Crippen LogP contribution in [-0.2, 0) is 5.54 Å².